The van der Waals surface area contributed by atoms with Gasteiger partial charge in [-0.25, -0.2) is 4.79 Å². The second kappa shape index (κ2) is 10.8. The molecule has 1 aliphatic carbocycles. The number of allylic oxidation sites excluding steroid dienone is 3. The number of rotatable bonds is 7. The molecule has 7 heteroatoms. The third-order valence-electron chi connectivity index (χ3n) is 6.89. The van der Waals surface area contributed by atoms with Crippen LogP contribution >= 0.6 is 11.6 Å². The molecule has 0 aromatic heterocycles. The van der Waals surface area contributed by atoms with E-state index in [1.807, 2.05) is 52.0 Å². The van der Waals surface area contributed by atoms with Gasteiger partial charge >= 0.3 is 5.97 Å². The molecule has 2 N–H and O–H groups in total. The Morgan fingerprint density at radius 1 is 1.14 bits per heavy atom. The number of phenols is 1. The van der Waals surface area contributed by atoms with Crippen LogP contribution in [0.1, 0.15) is 69.9 Å². The number of esters is 1. The zero-order chi connectivity index (χ0) is 26.0. The lowest BCUT2D eigenvalue weighted by Crippen LogP contribution is -2.36. The molecule has 190 valence electrons. The molecule has 4 rings (SSSR count). The Bertz CT molecular complexity index is 1230. The van der Waals surface area contributed by atoms with Gasteiger partial charge in [-0.3, -0.25) is 4.79 Å². The highest BCUT2D eigenvalue weighted by molar-refractivity contribution is 6.30. The molecule has 6 nitrogen and oxygen atoms in total. The minimum Gasteiger partial charge on any atom is -0.504 e. The summed E-state index contributed by atoms with van der Waals surface area (Å²) in [6.07, 6.45) is 1.37. The summed E-state index contributed by atoms with van der Waals surface area (Å²) >= 11 is 6.07. The fourth-order valence-electron chi connectivity index (χ4n) is 4.92. The Morgan fingerprint density at radius 3 is 2.50 bits per heavy atom. The van der Waals surface area contributed by atoms with Crippen LogP contribution < -0.4 is 10.1 Å². The molecule has 0 bridgehead atoms. The molecule has 1 aliphatic heterocycles. The van der Waals surface area contributed by atoms with E-state index < -0.39 is 11.9 Å². The normalized spacial score (nSPS) is 20.5. The van der Waals surface area contributed by atoms with E-state index in [1.165, 1.54) is 0 Å². The molecule has 2 aromatic rings. The number of benzene rings is 2. The Balaban J connectivity index is 1.81. The summed E-state index contributed by atoms with van der Waals surface area (Å²) < 4.78 is 11.3. The average molecular weight is 510 g/mol. The van der Waals surface area contributed by atoms with E-state index in [1.54, 1.807) is 18.2 Å². The summed E-state index contributed by atoms with van der Waals surface area (Å²) in [5, 5.41) is 14.3. The second-order valence-corrected chi connectivity index (χ2v) is 9.79. The van der Waals surface area contributed by atoms with Gasteiger partial charge in [0.2, 0.25) is 0 Å². The summed E-state index contributed by atoms with van der Waals surface area (Å²) in [6.45, 7) is 7.84. The smallest absolute Gasteiger partial charge is 0.337 e. The fraction of sp³-hybridized carbons (Fsp3) is 0.379. The predicted molar refractivity (Wildman–Crippen MR) is 139 cm³/mol. The SMILES string of the molecule is CCOc1cc([C@H]2C(C(=O)O[C@H](C)CC)=C(C)NC3=C2C(=O)C[C@@H](c2ccc(Cl)cc2)C3)ccc1O. The largest absolute Gasteiger partial charge is 0.504 e. The van der Waals surface area contributed by atoms with Crippen LogP contribution in [0.15, 0.2) is 65.0 Å². The van der Waals surface area contributed by atoms with Gasteiger partial charge < -0.3 is 19.9 Å². The van der Waals surface area contributed by atoms with Gasteiger partial charge in [-0.05, 0) is 74.9 Å². The minimum absolute atomic E-state index is 0.00175. The van der Waals surface area contributed by atoms with Crippen LogP contribution in [0.4, 0.5) is 0 Å². The number of Topliss-reactive ketones (excluding diaryl/α,β-unsaturated/α-hetero) is 1. The maximum absolute atomic E-state index is 13.7. The lowest BCUT2D eigenvalue weighted by atomic mass is 9.71. The summed E-state index contributed by atoms with van der Waals surface area (Å²) in [5.74, 6) is -0.792. The average Bonchev–Trinajstić information content (AvgIpc) is 2.84. The van der Waals surface area contributed by atoms with Gasteiger partial charge in [0, 0.05) is 34.3 Å². The van der Waals surface area contributed by atoms with Crippen LogP contribution in [-0.2, 0) is 14.3 Å². The Labute approximate surface area is 216 Å². The molecule has 36 heavy (non-hydrogen) atoms. The number of halogens is 1. The van der Waals surface area contributed by atoms with Gasteiger partial charge in [-0.15, -0.1) is 0 Å². The summed E-state index contributed by atoms with van der Waals surface area (Å²) in [5.41, 5.74) is 4.17. The molecule has 0 fully saturated rings. The minimum atomic E-state index is -0.628. The van der Waals surface area contributed by atoms with E-state index in [9.17, 15) is 14.7 Å². The molecule has 3 atom stereocenters. The van der Waals surface area contributed by atoms with E-state index in [2.05, 4.69) is 5.32 Å². The number of hydrogen-bond acceptors (Lipinski definition) is 6. The zero-order valence-corrected chi connectivity index (χ0v) is 21.8. The molecule has 0 saturated heterocycles. The van der Waals surface area contributed by atoms with Crippen molar-refractivity contribution in [2.45, 2.75) is 64.9 Å². The van der Waals surface area contributed by atoms with Gasteiger partial charge in [0.05, 0.1) is 18.3 Å². The van der Waals surface area contributed by atoms with Crippen molar-refractivity contribution >= 4 is 23.4 Å². The Morgan fingerprint density at radius 2 is 1.83 bits per heavy atom. The van der Waals surface area contributed by atoms with Crippen molar-refractivity contribution in [3.05, 3.63) is 81.2 Å². The topological polar surface area (TPSA) is 84.9 Å². The summed E-state index contributed by atoms with van der Waals surface area (Å²) in [7, 11) is 0. The number of dihydropyridines is 1. The number of ether oxygens (including phenoxy) is 2. The maximum atomic E-state index is 13.7. The first kappa shape index (κ1) is 25.8. The van der Waals surface area contributed by atoms with E-state index in [0.29, 0.717) is 59.0 Å². The van der Waals surface area contributed by atoms with E-state index in [4.69, 9.17) is 21.1 Å². The molecule has 0 amide bonds. The zero-order valence-electron chi connectivity index (χ0n) is 21.1. The molecule has 2 aliphatic rings. The number of phenolic OH excluding ortho intramolecular Hbond substituents is 1. The number of carbonyl (C=O) groups is 2. The van der Waals surface area contributed by atoms with Gasteiger partial charge in [-0.1, -0.05) is 36.7 Å². The number of hydrogen-bond donors (Lipinski definition) is 2. The summed E-state index contributed by atoms with van der Waals surface area (Å²) in [4.78, 5) is 27.1. The molecule has 1 heterocycles. The monoisotopic (exact) mass is 509 g/mol. The molecule has 2 aromatic carbocycles. The van der Waals surface area contributed by atoms with Crippen LogP contribution in [0.25, 0.3) is 0 Å². The molecule has 0 saturated carbocycles. The van der Waals surface area contributed by atoms with Gasteiger partial charge in [0.25, 0.3) is 0 Å². The number of carbonyl (C=O) groups excluding carboxylic acids is 2. The number of nitrogens with one attached hydrogen (secondary N) is 1. The van der Waals surface area contributed by atoms with Crippen LogP contribution in [0.2, 0.25) is 5.02 Å². The van der Waals surface area contributed by atoms with Crippen molar-refractivity contribution in [2.24, 2.45) is 0 Å². The standard InChI is InChI=1S/C29H32ClNO5/c1-5-16(3)36-29(34)26-17(4)31-22-13-20(18-7-10-21(30)11-8-18)14-24(33)28(22)27(26)19-9-12-23(32)25(15-19)35-6-2/h7-12,15-16,20,27,31-32H,5-6,13-14H2,1-4H3/t16-,20+,27+/m1/s1. The molecular formula is C29H32ClNO5. The van der Waals surface area contributed by atoms with Crippen molar-refractivity contribution in [1.82, 2.24) is 5.32 Å². The number of aromatic hydroxyl groups is 1. The molecule has 0 spiro atoms. The Hall–Kier alpha value is -3.25. The van der Waals surface area contributed by atoms with Crippen molar-refractivity contribution < 1.29 is 24.2 Å². The van der Waals surface area contributed by atoms with E-state index >= 15 is 0 Å². The van der Waals surface area contributed by atoms with Crippen LogP contribution in [-0.4, -0.2) is 29.6 Å². The fourth-order valence-corrected chi connectivity index (χ4v) is 5.05. The summed E-state index contributed by atoms with van der Waals surface area (Å²) in [6, 6.07) is 12.6. The third-order valence-corrected chi connectivity index (χ3v) is 7.14. The predicted octanol–water partition coefficient (Wildman–Crippen LogP) is 6.15. The second-order valence-electron chi connectivity index (χ2n) is 9.35. The first-order chi connectivity index (χ1) is 17.2. The highest BCUT2D eigenvalue weighted by Gasteiger charge is 2.42. The maximum Gasteiger partial charge on any atom is 0.337 e. The highest BCUT2D eigenvalue weighted by Crippen LogP contribution is 2.47. The van der Waals surface area contributed by atoms with Crippen molar-refractivity contribution in [2.75, 3.05) is 6.61 Å². The van der Waals surface area contributed by atoms with Crippen molar-refractivity contribution in [3.63, 3.8) is 0 Å². The first-order valence-electron chi connectivity index (χ1n) is 12.4. The third kappa shape index (κ3) is 5.14. The highest BCUT2D eigenvalue weighted by atomic mass is 35.5. The van der Waals surface area contributed by atoms with Crippen LogP contribution in [0, 0.1) is 0 Å². The lowest BCUT2D eigenvalue weighted by molar-refractivity contribution is -0.144. The van der Waals surface area contributed by atoms with Crippen LogP contribution in [0.5, 0.6) is 11.5 Å². The van der Waals surface area contributed by atoms with Gasteiger partial charge in [-0.2, -0.15) is 0 Å². The van der Waals surface area contributed by atoms with Crippen LogP contribution in [0.3, 0.4) is 0 Å². The molecule has 0 radical (unpaired) electrons. The number of ketones is 1. The van der Waals surface area contributed by atoms with E-state index in [-0.39, 0.29) is 23.6 Å². The quantitative estimate of drug-likeness (QED) is 0.435. The van der Waals surface area contributed by atoms with Crippen molar-refractivity contribution in [1.29, 1.82) is 0 Å². The molecular weight excluding hydrogens is 478 g/mol. The van der Waals surface area contributed by atoms with Gasteiger partial charge in [0.1, 0.15) is 0 Å². The first-order valence-corrected chi connectivity index (χ1v) is 12.8. The van der Waals surface area contributed by atoms with E-state index in [0.717, 1.165) is 11.3 Å². The molecule has 0 unspecified atom stereocenters. The van der Waals surface area contributed by atoms with Crippen molar-refractivity contribution in [3.8, 4) is 11.5 Å². The Kier molecular flexibility index (Phi) is 7.74. The lowest BCUT2D eigenvalue weighted by Gasteiger charge is -2.37. The van der Waals surface area contributed by atoms with Gasteiger partial charge in [0.15, 0.2) is 17.3 Å².